The van der Waals surface area contributed by atoms with E-state index < -0.39 is 0 Å². The molecule has 5 rings (SSSR count). The molecule has 1 amide bonds. The number of carbonyl (C=O) groups excluding carboxylic acids is 1. The van der Waals surface area contributed by atoms with Gasteiger partial charge in [-0.3, -0.25) is 4.79 Å². The van der Waals surface area contributed by atoms with Crippen molar-refractivity contribution < 1.29 is 9.21 Å². The first-order valence-electron chi connectivity index (χ1n) is 11.0. The standard InChI is InChI=1S/C26H25ClN4O2/c1-18-7-3-5-9-22(18)29-13-15-30(16-14-29)26(32)24-17-21(25-12-11-19(2)33-25)28-31(24)23-10-6-4-8-20(23)27/h3-12,17H,13-16H2,1-2H3. The number of piperazine rings is 1. The monoisotopic (exact) mass is 460 g/mol. The molecule has 0 bridgehead atoms. The summed E-state index contributed by atoms with van der Waals surface area (Å²) in [5.74, 6) is 1.34. The van der Waals surface area contributed by atoms with Crippen LogP contribution in [0.2, 0.25) is 5.02 Å². The van der Waals surface area contributed by atoms with Gasteiger partial charge in [0.1, 0.15) is 17.1 Å². The summed E-state index contributed by atoms with van der Waals surface area (Å²) in [6.45, 7) is 6.83. The van der Waals surface area contributed by atoms with Gasteiger partial charge in [0.25, 0.3) is 5.91 Å². The molecule has 0 radical (unpaired) electrons. The number of hydrogen-bond donors (Lipinski definition) is 0. The van der Waals surface area contributed by atoms with Crippen molar-refractivity contribution in [1.82, 2.24) is 14.7 Å². The first-order chi connectivity index (χ1) is 16.0. The van der Waals surface area contributed by atoms with E-state index >= 15 is 0 Å². The van der Waals surface area contributed by atoms with Crippen LogP contribution in [0.4, 0.5) is 5.69 Å². The van der Waals surface area contributed by atoms with E-state index in [0.717, 1.165) is 18.8 Å². The molecule has 3 heterocycles. The maximum Gasteiger partial charge on any atom is 0.272 e. The first kappa shape index (κ1) is 21.3. The maximum atomic E-state index is 13.6. The van der Waals surface area contributed by atoms with Gasteiger partial charge in [-0.15, -0.1) is 0 Å². The molecule has 0 unspecified atom stereocenters. The number of aryl methyl sites for hydroxylation is 2. The fourth-order valence-electron chi connectivity index (χ4n) is 4.26. The Labute approximate surface area is 198 Å². The molecule has 1 aliphatic heterocycles. The highest BCUT2D eigenvalue weighted by atomic mass is 35.5. The van der Waals surface area contributed by atoms with Gasteiger partial charge in [0.15, 0.2) is 5.76 Å². The molecule has 1 fully saturated rings. The van der Waals surface area contributed by atoms with Crippen LogP contribution in [-0.2, 0) is 0 Å². The molecule has 33 heavy (non-hydrogen) atoms. The minimum atomic E-state index is -0.0682. The van der Waals surface area contributed by atoms with Crippen LogP contribution in [0.5, 0.6) is 0 Å². The number of rotatable bonds is 4. The predicted molar refractivity (Wildman–Crippen MR) is 130 cm³/mol. The highest BCUT2D eigenvalue weighted by Crippen LogP contribution is 2.28. The molecule has 1 aliphatic rings. The fourth-order valence-corrected chi connectivity index (χ4v) is 4.48. The van der Waals surface area contributed by atoms with Crippen molar-refractivity contribution in [2.45, 2.75) is 13.8 Å². The van der Waals surface area contributed by atoms with Crippen LogP contribution in [0.15, 0.2) is 71.1 Å². The summed E-state index contributed by atoms with van der Waals surface area (Å²) in [6.07, 6.45) is 0. The van der Waals surface area contributed by atoms with E-state index in [-0.39, 0.29) is 5.91 Å². The average Bonchev–Trinajstić information content (AvgIpc) is 3.46. The highest BCUT2D eigenvalue weighted by Gasteiger charge is 2.27. The van der Waals surface area contributed by atoms with Gasteiger partial charge in [-0.25, -0.2) is 4.68 Å². The van der Waals surface area contributed by atoms with E-state index in [9.17, 15) is 4.79 Å². The smallest absolute Gasteiger partial charge is 0.272 e. The van der Waals surface area contributed by atoms with E-state index in [2.05, 4.69) is 30.0 Å². The van der Waals surface area contributed by atoms with Gasteiger partial charge in [-0.1, -0.05) is 41.9 Å². The lowest BCUT2D eigenvalue weighted by molar-refractivity contribution is 0.0737. The number of aromatic nitrogens is 2. The fraction of sp³-hybridized carbons (Fsp3) is 0.231. The Kier molecular flexibility index (Phi) is 5.68. The summed E-state index contributed by atoms with van der Waals surface area (Å²) < 4.78 is 7.39. The molecular weight excluding hydrogens is 436 g/mol. The summed E-state index contributed by atoms with van der Waals surface area (Å²) in [5.41, 5.74) is 4.20. The Hall–Kier alpha value is -3.51. The maximum absolute atomic E-state index is 13.6. The third-order valence-corrected chi connectivity index (χ3v) is 6.34. The molecule has 0 atom stereocenters. The van der Waals surface area contributed by atoms with Gasteiger partial charge >= 0.3 is 0 Å². The van der Waals surface area contributed by atoms with Gasteiger partial charge in [0.05, 0.1) is 10.7 Å². The topological polar surface area (TPSA) is 54.5 Å². The molecule has 2 aromatic heterocycles. The zero-order valence-corrected chi connectivity index (χ0v) is 19.4. The molecule has 168 valence electrons. The van der Waals surface area contributed by atoms with E-state index in [1.165, 1.54) is 11.3 Å². The summed E-state index contributed by atoms with van der Waals surface area (Å²) in [7, 11) is 0. The second kappa shape index (κ2) is 8.79. The van der Waals surface area contributed by atoms with Gasteiger partial charge in [0, 0.05) is 37.9 Å². The second-order valence-electron chi connectivity index (χ2n) is 8.25. The quantitative estimate of drug-likeness (QED) is 0.411. The predicted octanol–water partition coefficient (Wildman–Crippen LogP) is 5.36. The largest absolute Gasteiger partial charge is 0.460 e. The van der Waals surface area contributed by atoms with Crippen LogP contribution < -0.4 is 4.90 Å². The normalized spacial score (nSPS) is 14.0. The van der Waals surface area contributed by atoms with Crippen LogP contribution in [-0.4, -0.2) is 46.8 Å². The number of carbonyl (C=O) groups is 1. The minimum absolute atomic E-state index is 0.0682. The molecule has 2 aromatic carbocycles. The molecule has 0 aliphatic carbocycles. The summed E-state index contributed by atoms with van der Waals surface area (Å²) in [6, 6.07) is 21.3. The molecule has 7 heteroatoms. The summed E-state index contributed by atoms with van der Waals surface area (Å²) in [4.78, 5) is 17.9. The number of para-hydroxylation sites is 2. The zero-order valence-electron chi connectivity index (χ0n) is 18.7. The Morgan fingerprint density at radius 3 is 2.27 bits per heavy atom. The highest BCUT2D eigenvalue weighted by molar-refractivity contribution is 6.32. The second-order valence-corrected chi connectivity index (χ2v) is 8.66. The van der Waals surface area contributed by atoms with Crippen LogP contribution in [0, 0.1) is 13.8 Å². The van der Waals surface area contributed by atoms with Crippen LogP contribution in [0.25, 0.3) is 17.1 Å². The Balaban J connectivity index is 1.44. The number of halogens is 1. The molecule has 6 nitrogen and oxygen atoms in total. The molecule has 0 spiro atoms. The summed E-state index contributed by atoms with van der Waals surface area (Å²) >= 11 is 6.47. The van der Waals surface area contributed by atoms with Crippen molar-refractivity contribution in [2.75, 3.05) is 31.1 Å². The third-order valence-electron chi connectivity index (χ3n) is 6.02. The zero-order chi connectivity index (χ0) is 22.9. The van der Waals surface area contributed by atoms with Crippen LogP contribution in [0.3, 0.4) is 0 Å². The molecular formula is C26H25ClN4O2. The average molecular weight is 461 g/mol. The first-order valence-corrected chi connectivity index (χ1v) is 11.4. The number of benzene rings is 2. The number of anilines is 1. The van der Waals surface area contributed by atoms with E-state index in [1.54, 1.807) is 16.8 Å². The minimum Gasteiger partial charge on any atom is -0.460 e. The van der Waals surface area contributed by atoms with Crippen molar-refractivity contribution in [2.24, 2.45) is 0 Å². The SMILES string of the molecule is Cc1ccc(-c2cc(C(=O)N3CCN(c4ccccc4C)CC3)n(-c3ccccc3Cl)n2)o1. The third kappa shape index (κ3) is 4.14. The van der Waals surface area contributed by atoms with Crippen LogP contribution in [0.1, 0.15) is 21.8 Å². The van der Waals surface area contributed by atoms with E-state index in [0.29, 0.717) is 40.9 Å². The lowest BCUT2D eigenvalue weighted by atomic mass is 10.1. The Morgan fingerprint density at radius 1 is 0.909 bits per heavy atom. The van der Waals surface area contributed by atoms with Crippen molar-refractivity contribution >= 4 is 23.2 Å². The van der Waals surface area contributed by atoms with Gasteiger partial charge < -0.3 is 14.2 Å². The molecule has 1 saturated heterocycles. The van der Waals surface area contributed by atoms with Gasteiger partial charge in [-0.2, -0.15) is 5.10 Å². The number of amides is 1. The number of furan rings is 1. The number of hydrogen-bond acceptors (Lipinski definition) is 4. The van der Waals surface area contributed by atoms with Gasteiger partial charge in [0.2, 0.25) is 0 Å². The van der Waals surface area contributed by atoms with E-state index in [1.807, 2.05) is 48.2 Å². The lowest BCUT2D eigenvalue weighted by Crippen LogP contribution is -2.49. The molecule has 4 aromatic rings. The van der Waals surface area contributed by atoms with E-state index in [4.69, 9.17) is 21.1 Å². The summed E-state index contributed by atoms with van der Waals surface area (Å²) in [5, 5.41) is 5.22. The van der Waals surface area contributed by atoms with Crippen molar-refractivity contribution in [3.63, 3.8) is 0 Å². The molecule has 0 saturated carbocycles. The van der Waals surface area contributed by atoms with Crippen molar-refractivity contribution in [1.29, 1.82) is 0 Å². The van der Waals surface area contributed by atoms with Gasteiger partial charge in [-0.05, 0) is 49.7 Å². The Bertz CT molecular complexity index is 1300. The van der Waals surface area contributed by atoms with Crippen molar-refractivity contribution in [3.05, 3.63) is 88.8 Å². The van der Waals surface area contributed by atoms with Crippen LogP contribution >= 0.6 is 11.6 Å². The Morgan fingerprint density at radius 2 is 1.61 bits per heavy atom. The lowest BCUT2D eigenvalue weighted by Gasteiger charge is -2.36. The van der Waals surface area contributed by atoms with Crippen molar-refractivity contribution in [3.8, 4) is 17.1 Å². The molecule has 0 N–H and O–H groups in total. The number of nitrogens with zero attached hydrogens (tertiary/aromatic N) is 4.